The number of benzene rings is 1. The van der Waals surface area contributed by atoms with Gasteiger partial charge in [-0.15, -0.1) is 10.2 Å². The van der Waals surface area contributed by atoms with Crippen molar-refractivity contribution in [3.8, 4) is 11.5 Å². The van der Waals surface area contributed by atoms with Gasteiger partial charge in [0.25, 0.3) is 0 Å². The SMILES string of the molecule is CCn1c(COc2ccc(OC)cc2)nnc1SCC(=O)N[C@@H]1CCCC[C@H]1C. The fourth-order valence-electron chi connectivity index (χ4n) is 3.58. The van der Waals surface area contributed by atoms with Crippen LogP contribution < -0.4 is 14.8 Å². The molecular weight excluding hydrogens is 388 g/mol. The molecule has 1 aromatic carbocycles. The first-order valence-electron chi connectivity index (χ1n) is 10.2. The van der Waals surface area contributed by atoms with Crippen LogP contribution in [0.15, 0.2) is 29.4 Å². The summed E-state index contributed by atoms with van der Waals surface area (Å²) in [5.74, 6) is 3.24. The highest BCUT2D eigenvalue weighted by atomic mass is 32.2. The summed E-state index contributed by atoms with van der Waals surface area (Å²) in [6.07, 6.45) is 4.74. The van der Waals surface area contributed by atoms with Crippen LogP contribution in [0.2, 0.25) is 0 Å². The largest absolute Gasteiger partial charge is 0.497 e. The van der Waals surface area contributed by atoms with E-state index in [0.29, 0.717) is 24.3 Å². The standard InChI is InChI=1S/C21H30N4O3S/c1-4-25-19(13-28-17-11-9-16(27-3)10-12-17)23-24-21(25)29-14-20(26)22-18-8-6-5-7-15(18)2/h9-12,15,18H,4-8,13-14H2,1-3H3,(H,22,26)/t15-,18-/m1/s1. The molecule has 1 N–H and O–H groups in total. The molecule has 0 saturated heterocycles. The number of carbonyl (C=O) groups excluding carboxylic acids is 1. The third-order valence-corrected chi connectivity index (χ3v) is 6.29. The van der Waals surface area contributed by atoms with E-state index < -0.39 is 0 Å². The minimum Gasteiger partial charge on any atom is -0.497 e. The number of thioether (sulfide) groups is 1. The third-order valence-electron chi connectivity index (χ3n) is 5.33. The number of rotatable bonds is 9. The average Bonchev–Trinajstić information content (AvgIpc) is 3.14. The Labute approximate surface area is 176 Å². The van der Waals surface area contributed by atoms with Gasteiger partial charge in [0.2, 0.25) is 5.91 Å². The van der Waals surface area contributed by atoms with Crippen molar-refractivity contribution in [3.05, 3.63) is 30.1 Å². The summed E-state index contributed by atoms with van der Waals surface area (Å²) < 4.78 is 13.0. The fraction of sp³-hybridized carbons (Fsp3) is 0.571. The van der Waals surface area contributed by atoms with Crippen LogP contribution in [-0.4, -0.2) is 39.6 Å². The summed E-state index contributed by atoms with van der Waals surface area (Å²) in [5.41, 5.74) is 0. The number of carbonyl (C=O) groups is 1. The molecule has 1 heterocycles. The molecule has 0 bridgehead atoms. The van der Waals surface area contributed by atoms with Crippen LogP contribution in [0.1, 0.15) is 45.4 Å². The van der Waals surface area contributed by atoms with E-state index in [1.807, 2.05) is 35.8 Å². The molecule has 29 heavy (non-hydrogen) atoms. The summed E-state index contributed by atoms with van der Waals surface area (Å²) in [6.45, 7) is 5.30. The number of hydrogen-bond donors (Lipinski definition) is 1. The molecule has 1 aromatic heterocycles. The van der Waals surface area contributed by atoms with Gasteiger partial charge in [0.15, 0.2) is 11.0 Å². The minimum absolute atomic E-state index is 0.0652. The molecule has 1 fully saturated rings. The lowest BCUT2D eigenvalue weighted by molar-refractivity contribution is -0.119. The van der Waals surface area contributed by atoms with E-state index in [1.54, 1.807) is 7.11 Å². The van der Waals surface area contributed by atoms with Crippen LogP contribution in [0.25, 0.3) is 0 Å². The first-order chi connectivity index (χ1) is 14.1. The molecule has 0 radical (unpaired) electrons. The second-order valence-corrected chi connectivity index (χ2v) is 8.27. The monoisotopic (exact) mass is 418 g/mol. The third kappa shape index (κ3) is 5.88. The van der Waals surface area contributed by atoms with Gasteiger partial charge in [0.05, 0.1) is 12.9 Å². The first kappa shape index (κ1) is 21.5. The van der Waals surface area contributed by atoms with Gasteiger partial charge in [-0.1, -0.05) is 31.5 Å². The van der Waals surface area contributed by atoms with Gasteiger partial charge in [-0.3, -0.25) is 4.79 Å². The van der Waals surface area contributed by atoms with Crippen LogP contribution in [0.4, 0.5) is 0 Å². The summed E-state index contributed by atoms with van der Waals surface area (Å²) in [7, 11) is 1.63. The molecule has 2 atom stereocenters. The van der Waals surface area contributed by atoms with Crippen LogP contribution >= 0.6 is 11.8 Å². The first-order valence-corrected chi connectivity index (χ1v) is 11.2. The highest BCUT2D eigenvalue weighted by molar-refractivity contribution is 7.99. The molecule has 3 rings (SSSR count). The topological polar surface area (TPSA) is 78.3 Å². The van der Waals surface area contributed by atoms with E-state index in [9.17, 15) is 4.79 Å². The number of ether oxygens (including phenoxy) is 2. The Balaban J connectivity index is 1.52. The Morgan fingerprint density at radius 2 is 1.93 bits per heavy atom. The second kappa shape index (κ2) is 10.5. The number of aromatic nitrogens is 3. The zero-order chi connectivity index (χ0) is 20.6. The molecule has 2 aromatic rings. The summed E-state index contributed by atoms with van der Waals surface area (Å²) in [6, 6.07) is 7.73. The van der Waals surface area contributed by atoms with Gasteiger partial charge in [-0.2, -0.15) is 0 Å². The van der Waals surface area contributed by atoms with Crippen molar-refractivity contribution in [2.24, 2.45) is 5.92 Å². The lowest BCUT2D eigenvalue weighted by Crippen LogP contribution is -2.41. The van der Waals surface area contributed by atoms with Crippen molar-refractivity contribution in [1.82, 2.24) is 20.1 Å². The van der Waals surface area contributed by atoms with E-state index in [0.717, 1.165) is 35.4 Å². The molecule has 7 nitrogen and oxygen atoms in total. The highest BCUT2D eigenvalue weighted by Gasteiger charge is 2.23. The molecule has 1 amide bonds. The molecule has 8 heteroatoms. The maximum atomic E-state index is 12.4. The summed E-state index contributed by atoms with van der Waals surface area (Å²) in [5, 5.41) is 12.4. The van der Waals surface area contributed by atoms with Gasteiger partial charge in [-0.05, 0) is 49.9 Å². The molecule has 158 valence electrons. The fourth-order valence-corrected chi connectivity index (χ4v) is 4.41. The number of nitrogens with one attached hydrogen (secondary N) is 1. The van der Waals surface area contributed by atoms with Crippen molar-refractivity contribution in [3.63, 3.8) is 0 Å². The molecule has 0 spiro atoms. The van der Waals surface area contributed by atoms with Gasteiger partial charge < -0.3 is 19.4 Å². The maximum Gasteiger partial charge on any atom is 0.230 e. The Kier molecular flexibility index (Phi) is 7.80. The summed E-state index contributed by atoms with van der Waals surface area (Å²) >= 11 is 1.42. The highest BCUT2D eigenvalue weighted by Crippen LogP contribution is 2.24. The quantitative estimate of drug-likeness (QED) is 0.626. The van der Waals surface area contributed by atoms with Crippen molar-refractivity contribution >= 4 is 17.7 Å². The Hall–Kier alpha value is -2.22. The smallest absolute Gasteiger partial charge is 0.230 e. The second-order valence-electron chi connectivity index (χ2n) is 7.33. The van der Waals surface area contributed by atoms with Crippen LogP contribution in [0, 0.1) is 5.92 Å². The van der Waals surface area contributed by atoms with Crippen LogP contribution in [-0.2, 0) is 17.9 Å². The molecule has 1 aliphatic carbocycles. The zero-order valence-corrected chi connectivity index (χ0v) is 18.2. The number of amides is 1. The minimum atomic E-state index is 0.0652. The predicted octanol–water partition coefficient (Wildman–Crippen LogP) is 3.67. The molecule has 0 aliphatic heterocycles. The Morgan fingerprint density at radius 1 is 1.21 bits per heavy atom. The van der Waals surface area contributed by atoms with E-state index in [4.69, 9.17) is 9.47 Å². The van der Waals surface area contributed by atoms with Gasteiger partial charge in [0, 0.05) is 12.6 Å². The van der Waals surface area contributed by atoms with Crippen LogP contribution in [0.5, 0.6) is 11.5 Å². The normalized spacial score (nSPS) is 19.0. The molecular formula is C21H30N4O3S. The Bertz CT molecular complexity index is 794. The van der Waals surface area contributed by atoms with Crippen molar-refractivity contribution in [2.75, 3.05) is 12.9 Å². The lowest BCUT2D eigenvalue weighted by atomic mass is 9.86. The van der Waals surface area contributed by atoms with Crippen molar-refractivity contribution < 1.29 is 14.3 Å². The predicted molar refractivity (Wildman–Crippen MR) is 113 cm³/mol. The molecule has 1 aliphatic rings. The maximum absolute atomic E-state index is 12.4. The van der Waals surface area contributed by atoms with Crippen molar-refractivity contribution in [2.45, 2.75) is 63.9 Å². The lowest BCUT2D eigenvalue weighted by Gasteiger charge is -2.29. The van der Waals surface area contributed by atoms with Gasteiger partial charge in [-0.25, -0.2) is 0 Å². The summed E-state index contributed by atoms with van der Waals surface area (Å²) in [4.78, 5) is 12.4. The van der Waals surface area contributed by atoms with Gasteiger partial charge >= 0.3 is 0 Å². The zero-order valence-electron chi connectivity index (χ0n) is 17.4. The van der Waals surface area contributed by atoms with E-state index in [1.165, 1.54) is 31.0 Å². The molecule has 0 unspecified atom stereocenters. The molecule has 1 saturated carbocycles. The number of nitrogens with zero attached hydrogens (tertiary/aromatic N) is 3. The van der Waals surface area contributed by atoms with E-state index in [-0.39, 0.29) is 5.91 Å². The van der Waals surface area contributed by atoms with Gasteiger partial charge in [0.1, 0.15) is 18.1 Å². The van der Waals surface area contributed by atoms with E-state index >= 15 is 0 Å². The number of methoxy groups -OCH3 is 1. The number of hydrogen-bond acceptors (Lipinski definition) is 6. The van der Waals surface area contributed by atoms with Crippen LogP contribution in [0.3, 0.4) is 0 Å². The average molecular weight is 419 g/mol. The Morgan fingerprint density at radius 3 is 2.62 bits per heavy atom. The van der Waals surface area contributed by atoms with Crippen molar-refractivity contribution in [1.29, 1.82) is 0 Å². The van der Waals surface area contributed by atoms with E-state index in [2.05, 4.69) is 22.4 Å².